The molecule has 1 aromatic carbocycles. The second-order valence-corrected chi connectivity index (χ2v) is 13.2. The van der Waals surface area contributed by atoms with Gasteiger partial charge in [0.25, 0.3) is 0 Å². The lowest BCUT2D eigenvalue weighted by molar-refractivity contribution is -0.132. The minimum atomic E-state index is -0.881. The number of aromatic nitrogens is 1. The van der Waals surface area contributed by atoms with Gasteiger partial charge in [-0.15, -0.1) is 11.3 Å². The smallest absolute Gasteiger partial charge is 0.410 e. The molecule has 0 atom stereocenters. The number of carbonyl (C=O) groups is 5. The Balaban J connectivity index is 1.68. The van der Waals surface area contributed by atoms with E-state index in [1.54, 1.807) is 59.9 Å². The van der Waals surface area contributed by atoms with Gasteiger partial charge >= 0.3 is 6.09 Å². The molecular weight excluding hydrogens is 606 g/mol. The van der Waals surface area contributed by atoms with Crippen molar-refractivity contribution in [3.05, 3.63) is 45.5 Å². The number of carbonyl (C=O) groups excluding carboxylic acids is 5. The molecule has 0 fully saturated rings. The number of allylic oxidation sites excluding steroid dienone is 4. The summed E-state index contributed by atoms with van der Waals surface area (Å²) >= 11 is 1.21. The summed E-state index contributed by atoms with van der Waals surface area (Å²) in [5, 5.41) is 12.2. The van der Waals surface area contributed by atoms with Crippen LogP contribution in [0.4, 0.5) is 4.79 Å². The van der Waals surface area contributed by atoms with Crippen LogP contribution in [0.2, 0.25) is 0 Å². The van der Waals surface area contributed by atoms with Crippen LogP contribution in [-0.2, 0) is 19.2 Å². The van der Waals surface area contributed by atoms with Gasteiger partial charge < -0.3 is 19.9 Å². The molecule has 0 saturated carbocycles. The molecule has 12 heteroatoms. The number of nitriles is 1. The van der Waals surface area contributed by atoms with E-state index in [4.69, 9.17) is 10.00 Å². The van der Waals surface area contributed by atoms with Gasteiger partial charge in [-0.2, -0.15) is 5.26 Å². The Morgan fingerprint density at radius 1 is 1.00 bits per heavy atom. The van der Waals surface area contributed by atoms with Crippen molar-refractivity contribution in [1.29, 1.82) is 5.26 Å². The molecule has 0 aliphatic heterocycles. The number of thiazole rings is 1. The van der Waals surface area contributed by atoms with Crippen LogP contribution in [0.25, 0.3) is 10.2 Å². The molecule has 3 amide bonds. The molecule has 3 rings (SSSR count). The molecule has 1 N–H and O–H groups in total. The molecule has 1 aromatic heterocycles. The predicted octanol–water partition coefficient (Wildman–Crippen LogP) is 5.34. The zero-order chi connectivity index (χ0) is 34.2. The molecule has 0 spiro atoms. The first-order valence-corrected chi connectivity index (χ1v) is 16.3. The maximum atomic E-state index is 13.4. The third kappa shape index (κ3) is 8.88. The number of hydrogen-bond donors (Lipinski definition) is 1. The number of nitrogens with one attached hydrogen (secondary N) is 1. The van der Waals surface area contributed by atoms with E-state index in [-0.39, 0.29) is 42.9 Å². The average Bonchev–Trinajstić information content (AvgIpc) is 3.42. The Hall–Kier alpha value is -4.37. The number of benzene rings is 1. The van der Waals surface area contributed by atoms with Crippen LogP contribution in [0.5, 0.6) is 5.75 Å². The highest BCUT2D eigenvalue weighted by Gasteiger charge is 2.38. The molecule has 0 bridgehead atoms. The topological polar surface area (TPSA) is 150 Å². The first kappa shape index (κ1) is 36.1. The lowest BCUT2D eigenvalue weighted by Crippen LogP contribution is -2.42. The summed E-state index contributed by atoms with van der Waals surface area (Å²) in [6.45, 7) is 11.7. The molecule has 46 heavy (non-hydrogen) atoms. The Morgan fingerprint density at radius 3 is 2.37 bits per heavy atom. The van der Waals surface area contributed by atoms with Crippen molar-refractivity contribution in [2.75, 3.05) is 33.2 Å². The highest BCUT2D eigenvalue weighted by atomic mass is 32.1. The monoisotopic (exact) mass is 649 g/mol. The van der Waals surface area contributed by atoms with Gasteiger partial charge in [0.05, 0.1) is 10.2 Å². The Morgan fingerprint density at radius 2 is 1.70 bits per heavy atom. The Labute approximate surface area is 274 Å². The number of ketones is 2. The molecule has 0 radical (unpaired) electrons. The van der Waals surface area contributed by atoms with Crippen LogP contribution in [-0.4, -0.2) is 77.5 Å². The summed E-state index contributed by atoms with van der Waals surface area (Å²) in [6, 6.07) is 7.00. The van der Waals surface area contributed by atoms with E-state index in [9.17, 15) is 24.0 Å². The fourth-order valence-electron chi connectivity index (χ4n) is 5.43. The molecule has 11 nitrogen and oxygen atoms in total. The van der Waals surface area contributed by atoms with Gasteiger partial charge in [-0.3, -0.25) is 19.2 Å². The van der Waals surface area contributed by atoms with E-state index in [0.29, 0.717) is 70.9 Å². The number of rotatable bonds is 14. The molecule has 2 aromatic rings. The first-order valence-electron chi connectivity index (χ1n) is 15.5. The van der Waals surface area contributed by atoms with Crippen molar-refractivity contribution >= 4 is 51.0 Å². The molecule has 0 unspecified atom stereocenters. The van der Waals surface area contributed by atoms with Crippen molar-refractivity contribution in [2.45, 2.75) is 73.6 Å². The fourth-order valence-corrected chi connectivity index (χ4v) is 6.22. The van der Waals surface area contributed by atoms with Crippen molar-refractivity contribution in [2.24, 2.45) is 5.41 Å². The highest BCUT2D eigenvalue weighted by molar-refractivity contribution is 7.19. The summed E-state index contributed by atoms with van der Waals surface area (Å²) in [4.78, 5) is 71.7. The highest BCUT2D eigenvalue weighted by Crippen LogP contribution is 2.39. The number of likely N-dealkylation sites (N-methyl/N-ethyl adjacent to an activating group) is 1. The van der Waals surface area contributed by atoms with Gasteiger partial charge in [-0.1, -0.05) is 20.3 Å². The average molecular weight is 650 g/mol. The van der Waals surface area contributed by atoms with Crippen LogP contribution in [0.1, 0.15) is 78.7 Å². The summed E-state index contributed by atoms with van der Waals surface area (Å²) in [5.74, 6) is -0.314. The van der Waals surface area contributed by atoms with Crippen LogP contribution in [0.15, 0.2) is 40.5 Å². The summed E-state index contributed by atoms with van der Waals surface area (Å²) in [7, 11) is 1.64. The quantitative estimate of drug-likeness (QED) is 0.213. The number of Topliss-reactive ketones (excluding diaryl/α,β-unsaturated/α-hetero) is 2. The van der Waals surface area contributed by atoms with Crippen molar-refractivity contribution in [3.63, 3.8) is 0 Å². The van der Waals surface area contributed by atoms with Gasteiger partial charge in [-0.05, 0) is 52.7 Å². The number of unbranched alkanes of at least 4 members (excludes halogenated alkanes) is 2. The fraction of sp³-hybridized carbons (Fsp3) is 0.500. The molecule has 0 saturated heterocycles. The van der Waals surface area contributed by atoms with Crippen molar-refractivity contribution in [3.8, 4) is 11.8 Å². The second-order valence-electron chi connectivity index (χ2n) is 12.2. The largest absolute Gasteiger partial charge is 0.415 e. The second kappa shape index (κ2) is 15.8. The van der Waals surface area contributed by atoms with Crippen LogP contribution in [0, 0.1) is 16.7 Å². The standard InChI is InChI=1S/C34H43N5O6S/c1-8-36-27(40)12-10-9-11-15-39(33(44)45-24-13-14-25-26(18-24)46-28(20-35)37-25)17-16-38(7)29(41)19-34(5,6)30-23(4)31(42)21(2)22(3)32(30)43/h13-14,18H,8-12,15-17,19H2,1-7H3,(H,36,40). The van der Waals surface area contributed by atoms with Crippen LogP contribution < -0.4 is 10.1 Å². The van der Waals surface area contributed by atoms with Crippen molar-refractivity contribution < 1.29 is 28.7 Å². The van der Waals surface area contributed by atoms with Crippen LogP contribution >= 0.6 is 11.3 Å². The molecule has 1 heterocycles. The normalized spacial score (nSPS) is 13.6. The molecular formula is C34H43N5O6S. The third-order valence-electron chi connectivity index (χ3n) is 8.21. The van der Waals surface area contributed by atoms with Crippen LogP contribution in [0.3, 0.4) is 0 Å². The maximum absolute atomic E-state index is 13.4. The van der Waals surface area contributed by atoms with E-state index in [2.05, 4.69) is 10.3 Å². The summed E-state index contributed by atoms with van der Waals surface area (Å²) in [5.41, 5.74) is 1.32. The maximum Gasteiger partial charge on any atom is 0.415 e. The van der Waals surface area contributed by atoms with Crippen molar-refractivity contribution in [1.82, 2.24) is 20.1 Å². The minimum Gasteiger partial charge on any atom is -0.410 e. The number of amides is 3. The van der Waals surface area contributed by atoms with E-state index in [1.807, 2.05) is 13.0 Å². The number of hydrogen-bond acceptors (Lipinski definition) is 9. The van der Waals surface area contributed by atoms with Gasteiger partial charge in [0, 0.05) is 79.8 Å². The number of ether oxygens (including phenoxy) is 1. The molecule has 1 aliphatic rings. The van der Waals surface area contributed by atoms with E-state index in [0.717, 1.165) is 11.1 Å². The Bertz CT molecular complexity index is 1630. The minimum absolute atomic E-state index is 0.00530. The summed E-state index contributed by atoms with van der Waals surface area (Å²) in [6.07, 6.45) is 1.86. The van der Waals surface area contributed by atoms with Gasteiger partial charge in [0.1, 0.15) is 11.8 Å². The number of fused-ring (bicyclic) bond motifs is 1. The zero-order valence-corrected chi connectivity index (χ0v) is 28.6. The molecule has 1 aliphatic carbocycles. The lowest BCUT2D eigenvalue weighted by atomic mass is 9.71. The number of nitrogens with zero attached hydrogens (tertiary/aromatic N) is 4. The predicted molar refractivity (Wildman–Crippen MR) is 176 cm³/mol. The Kier molecular flexibility index (Phi) is 12.4. The lowest BCUT2D eigenvalue weighted by Gasteiger charge is -2.33. The van der Waals surface area contributed by atoms with E-state index < -0.39 is 11.5 Å². The van der Waals surface area contributed by atoms with Gasteiger partial charge in [0.15, 0.2) is 16.6 Å². The molecule has 246 valence electrons. The SMILES string of the molecule is CCNC(=O)CCCCCN(CCN(C)C(=O)CC(C)(C)C1=C(C)C(=O)C(C)=C(C)C1=O)C(=O)Oc1ccc2nc(C#N)sc2c1. The zero-order valence-electron chi connectivity index (χ0n) is 27.7. The van der Waals surface area contributed by atoms with Gasteiger partial charge in [-0.25, -0.2) is 9.78 Å². The van der Waals surface area contributed by atoms with Gasteiger partial charge in [0.2, 0.25) is 11.8 Å². The third-order valence-corrected chi connectivity index (χ3v) is 9.13. The summed E-state index contributed by atoms with van der Waals surface area (Å²) < 4.78 is 6.41. The van der Waals surface area contributed by atoms with E-state index in [1.165, 1.54) is 21.1 Å². The van der Waals surface area contributed by atoms with E-state index >= 15 is 0 Å². The first-order chi connectivity index (χ1) is 21.7.